The SMILES string of the molecule is CCCCCCCCC(=O)OCCOCCC(=O)OC. The van der Waals surface area contributed by atoms with Crippen LogP contribution in [0.3, 0.4) is 0 Å². The van der Waals surface area contributed by atoms with Gasteiger partial charge in [-0.2, -0.15) is 0 Å². The number of hydrogen-bond acceptors (Lipinski definition) is 5. The van der Waals surface area contributed by atoms with E-state index < -0.39 is 0 Å². The highest BCUT2D eigenvalue weighted by atomic mass is 16.6. The number of hydrogen-bond donors (Lipinski definition) is 0. The molecule has 0 rings (SSSR count). The van der Waals surface area contributed by atoms with Gasteiger partial charge in [0, 0.05) is 6.42 Å². The van der Waals surface area contributed by atoms with E-state index in [1.807, 2.05) is 0 Å². The van der Waals surface area contributed by atoms with Crippen LogP contribution in [-0.2, 0) is 23.8 Å². The Hall–Kier alpha value is -1.10. The molecule has 0 spiro atoms. The Morgan fingerprint density at radius 3 is 2.20 bits per heavy atom. The molecule has 0 saturated carbocycles. The fraction of sp³-hybridized carbons (Fsp3) is 0.867. The molecule has 0 aliphatic heterocycles. The van der Waals surface area contributed by atoms with Crippen LogP contribution in [0, 0.1) is 0 Å². The molecule has 20 heavy (non-hydrogen) atoms. The van der Waals surface area contributed by atoms with Gasteiger partial charge in [-0.25, -0.2) is 0 Å². The smallest absolute Gasteiger partial charge is 0.307 e. The number of ether oxygens (including phenoxy) is 3. The zero-order valence-corrected chi connectivity index (χ0v) is 12.8. The van der Waals surface area contributed by atoms with Gasteiger partial charge in [0.2, 0.25) is 0 Å². The maximum atomic E-state index is 11.4. The first-order chi connectivity index (χ1) is 9.70. The van der Waals surface area contributed by atoms with Crippen molar-refractivity contribution in [1.82, 2.24) is 0 Å². The van der Waals surface area contributed by atoms with E-state index in [-0.39, 0.29) is 25.0 Å². The summed E-state index contributed by atoms with van der Waals surface area (Å²) in [7, 11) is 1.34. The molecule has 0 unspecified atom stereocenters. The van der Waals surface area contributed by atoms with Crippen LogP contribution in [0.15, 0.2) is 0 Å². The Morgan fingerprint density at radius 2 is 1.50 bits per heavy atom. The summed E-state index contributed by atoms with van der Waals surface area (Å²) >= 11 is 0. The standard InChI is InChI=1S/C15H28O5/c1-3-4-5-6-7-8-9-15(17)20-13-12-19-11-10-14(16)18-2/h3-13H2,1-2H3. The lowest BCUT2D eigenvalue weighted by Crippen LogP contribution is -2.12. The molecule has 0 atom stereocenters. The first kappa shape index (κ1) is 18.9. The summed E-state index contributed by atoms with van der Waals surface area (Å²) in [6, 6.07) is 0. The lowest BCUT2D eigenvalue weighted by atomic mass is 10.1. The van der Waals surface area contributed by atoms with Crippen LogP contribution in [0.2, 0.25) is 0 Å². The van der Waals surface area contributed by atoms with Crippen LogP contribution < -0.4 is 0 Å². The second-order valence-electron chi connectivity index (χ2n) is 4.68. The second kappa shape index (κ2) is 14.3. The molecular formula is C15H28O5. The zero-order valence-electron chi connectivity index (χ0n) is 12.8. The predicted molar refractivity (Wildman–Crippen MR) is 76.4 cm³/mol. The fourth-order valence-corrected chi connectivity index (χ4v) is 1.70. The van der Waals surface area contributed by atoms with Crippen molar-refractivity contribution in [2.24, 2.45) is 0 Å². The quantitative estimate of drug-likeness (QED) is 0.385. The van der Waals surface area contributed by atoms with Gasteiger partial charge in [0.25, 0.3) is 0 Å². The van der Waals surface area contributed by atoms with Crippen molar-refractivity contribution in [2.45, 2.75) is 58.3 Å². The van der Waals surface area contributed by atoms with Crippen molar-refractivity contribution in [3.8, 4) is 0 Å². The number of carbonyl (C=O) groups excluding carboxylic acids is 2. The van der Waals surface area contributed by atoms with Crippen LogP contribution >= 0.6 is 0 Å². The van der Waals surface area contributed by atoms with Gasteiger partial charge in [-0.1, -0.05) is 39.0 Å². The molecule has 0 saturated heterocycles. The Balaban J connectivity index is 3.22. The van der Waals surface area contributed by atoms with Crippen molar-refractivity contribution in [2.75, 3.05) is 26.9 Å². The number of carbonyl (C=O) groups is 2. The minimum absolute atomic E-state index is 0.169. The Kier molecular flexibility index (Phi) is 13.5. The molecule has 0 aromatic heterocycles. The van der Waals surface area contributed by atoms with Crippen molar-refractivity contribution in [3.05, 3.63) is 0 Å². The van der Waals surface area contributed by atoms with Gasteiger partial charge in [-0.05, 0) is 6.42 Å². The number of methoxy groups -OCH3 is 1. The molecular weight excluding hydrogens is 260 g/mol. The highest BCUT2D eigenvalue weighted by molar-refractivity contribution is 5.69. The van der Waals surface area contributed by atoms with Gasteiger partial charge in [-0.3, -0.25) is 9.59 Å². The predicted octanol–water partition coefficient (Wildman–Crippen LogP) is 2.86. The molecule has 0 aromatic rings. The maximum absolute atomic E-state index is 11.4. The molecule has 0 bridgehead atoms. The number of rotatable bonds is 13. The van der Waals surface area contributed by atoms with Gasteiger partial charge in [-0.15, -0.1) is 0 Å². The summed E-state index contributed by atoms with van der Waals surface area (Å²) in [6.07, 6.45) is 7.63. The zero-order chi connectivity index (χ0) is 15.1. The molecule has 0 aliphatic carbocycles. The lowest BCUT2D eigenvalue weighted by Gasteiger charge is -2.06. The Bertz CT molecular complexity index is 253. The van der Waals surface area contributed by atoms with Crippen molar-refractivity contribution in [3.63, 3.8) is 0 Å². The summed E-state index contributed by atoms with van der Waals surface area (Å²) in [4.78, 5) is 22.1. The van der Waals surface area contributed by atoms with Crippen LogP contribution in [0.1, 0.15) is 58.3 Å². The van der Waals surface area contributed by atoms with E-state index in [0.717, 1.165) is 12.8 Å². The van der Waals surface area contributed by atoms with E-state index in [1.165, 1.54) is 32.8 Å². The molecule has 0 heterocycles. The third kappa shape index (κ3) is 13.3. The normalized spacial score (nSPS) is 10.3. The van der Waals surface area contributed by atoms with Gasteiger partial charge in [0.15, 0.2) is 0 Å². The summed E-state index contributed by atoms with van der Waals surface area (Å²) in [5.74, 6) is -0.470. The van der Waals surface area contributed by atoms with Crippen molar-refractivity contribution in [1.29, 1.82) is 0 Å². The van der Waals surface area contributed by atoms with Crippen molar-refractivity contribution < 1.29 is 23.8 Å². The summed E-state index contributed by atoms with van der Waals surface area (Å²) < 4.78 is 14.6. The van der Waals surface area contributed by atoms with E-state index in [0.29, 0.717) is 19.6 Å². The summed E-state index contributed by atoms with van der Waals surface area (Å²) in [5.41, 5.74) is 0. The number of esters is 2. The van der Waals surface area contributed by atoms with Crippen LogP contribution in [0.5, 0.6) is 0 Å². The molecule has 0 aliphatic rings. The highest BCUT2D eigenvalue weighted by Gasteiger charge is 2.03. The van der Waals surface area contributed by atoms with Gasteiger partial charge in [0.1, 0.15) is 6.61 Å². The topological polar surface area (TPSA) is 61.8 Å². The van der Waals surface area contributed by atoms with E-state index in [9.17, 15) is 9.59 Å². The van der Waals surface area contributed by atoms with Crippen LogP contribution in [0.25, 0.3) is 0 Å². The van der Waals surface area contributed by atoms with Gasteiger partial charge < -0.3 is 14.2 Å². The molecule has 0 radical (unpaired) electrons. The second-order valence-corrected chi connectivity index (χ2v) is 4.68. The van der Waals surface area contributed by atoms with Gasteiger partial charge >= 0.3 is 11.9 Å². The maximum Gasteiger partial charge on any atom is 0.307 e. The van der Waals surface area contributed by atoms with E-state index >= 15 is 0 Å². The Morgan fingerprint density at radius 1 is 0.800 bits per heavy atom. The molecule has 0 aromatic carbocycles. The molecule has 5 nitrogen and oxygen atoms in total. The first-order valence-corrected chi connectivity index (χ1v) is 7.50. The highest BCUT2D eigenvalue weighted by Crippen LogP contribution is 2.07. The molecule has 0 fully saturated rings. The average molecular weight is 288 g/mol. The number of unbranched alkanes of at least 4 members (excludes halogenated alkanes) is 5. The molecule has 118 valence electrons. The van der Waals surface area contributed by atoms with Crippen LogP contribution in [0.4, 0.5) is 0 Å². The van der Waals surface area contributed by atoms with E-state index in [2.05, 4.69) is 11.7 Å². The molecule has 0 N–H and O–H groups in total. The Labute approximate surface area is 122 Å². The van der Waals surface area contributed by atoms with E-state index in [4.69, 9.17) is 9.47 Å². The third-order valence-electron chi connectivity index (χ3n) is 2.90. The average Bonchev–Trinajstić information content (AvgIpc) is 2.46. The van der Waals surface area contributed by atoms with Crippen LogP contribution in [-0.4, -0.2) is 38.9 Å². The first-order valence-electron chi connectivity index (χ1n) is 7.50. The monoisotopic (exact) mass is 288 g/mol. The molecule has 0 amide bonds. The van der Waals surface area contributed by atoms with Crippen molar-refractivity contribution >= 4 is 11.9 Å². The lowest BCUT2D eigenvalue weighted by molar-refractivity contribution is -0.147. The summed E-state index contributed by atoms with van der Waals surface area (Å²) in [6.45, 7) is 3.04. The third-order valence-corrected chi connectivity index (χ3v) is 2.90. The van der Waals surface area contributed by atoms with E-state index in [1.54, 1.807) is 0 Å². The minimum atomic E-state index is -0.301. The molecule has 5 heteroatoms. The summed E-state index contributed by atoms with van der Waals surface area (Å²) in [5, 5.41) is 0. The largest absolute Gasteiger partial charge is 0.469 e. The van der Waals surface area contributed by atoms with Gasteiger partial charge in [0.05, 0.1) is 26.7 Å². The fourth-order valence-electron chi connectivity index (χ4n) is 1.70. The minimum Gasteiger partial charge on any atom is -0.469 e.